The molecule has 19 heavy (non-hydrogen) atoms. The highest BCUT2D eigenvalue weighted by Gasteiger charge is 2.45. The van der Waals surface area contributed by atoms with Gasteiger partial charge in [0, 0.05) is 19.4 Å². The van der Waals surface area contributed by atoms with Crippen LogP contribution in [0.1, 0.15) is 31.5 Å². The first-order valence-corrected chi connectivity index (χ1v) is 6.32. The quantitative estimate of drug-likeness (QED) is 0.316. The minimum Gasteiger partial charge on any atom is -0.409 e. The third kappa shape index (κ3) is 2.40. The van der Waals surface area contributed by atoms with Crippen LogP contribution in [-0.2, 0) is 18.4 Å². The number of oxime groups is 1. The molecule has 1 fully saturated rings. The van der Waals surface area contributed by atoms with Crippen LogP contribution in [0.2, 0.25) is 0 Å². The number of imidazole rings is 1. The van der Waals surface area contributed by atoms with Crippen LogP contribution in [0.15, 0.2) is 17.5 Å². The van der Waals surface area contributed by atoms with E-state index in [0.717, 1.165) is 18.7 Å². The van der Waals surface area contributed by atoms with E-state index in [0.29, 0.717) is 19.4 Å². The van der Waals surface area contributed by atoms with Crippen LogP contribution in [0.5, 0.6) is 0 Å². The SMILES string of the molecule is Cn1ccnc1CNC(=O)C1(C(N)=NO)CCCC1. The molecule has 0 radical (unpaired) electrons. The van der Waals surface area contributed by atoms with Gasteiger partial charge < -0.3 is 20.8 Å². The van der Waals surface area contributed by atoms with E-state index in [1.54, 1.807) is 6.20 Å². The Labute approximate surface area is 111 Å². The average Bonchev–Trinajstić information content (AvgIpc) is 3.05. The maximum atomic E-state index is 12.4. The fourth-order valence-corrected chi connectivity index (χ4v) is 2.57. The minimum atomic E-state index is -0.861. The summed E-state index contributed by atoms with van der Waals surface area (Å²) in [5, 5.41) is 14.7. The smallest absolute Gasteiger partial charge is 0.234 e. The van der Waals surface area contributed by atoms with Gasteiger partial charge in [0.25, 0.3) is 0 Å². The second kappa shape index (κ2) is 5.29. The van der Waals surface area contributed by atoms with Gasteiger partial charge in [0.1, 0.15) is 11.2 Å². The summed E-state index contributed by atoms with van der Waals surface area (Å²) in [6.45, 7) is 0.336. The largest absolute Gasteiger partial charge is 0.409 e. The van der Waals surface area contributed by atoms with Crippen molar-refractivity contribution in [2.75, 3.05) is 0 Å². The second-order valence-electron chi connectivity index (χ2n) is 4.91. The molecule has 4 N–H and O–H groups in total. The van der Waals surface area contributed by atoms with Gasteiger partial charge in [-0.15, -0.1) is 0 Å². The minimum absolute atomic E-state index is 0.00217. The summed E-state index contributed by atoms with van der Waals surface area (Å²) in [5.74, 6) is 0.576. The van der Waals surface area contributed by atoms with Gasteiger partial charge in [-0.3, -0.25) is 4.79 Å². The number of nitrogens with zero attached hydrogens (tertiary/aromatic N) is 3. The van der Waals surface area contributed by atoms with Crippen molar-refractivity contribution < 1.29 is 10.0 Å². The Morgan fingerprint density at radius 1 is 1.63 bits per heavy atom. The molecule has 7 heteroatoms. The van der Waals surface area contributed by atoms with Crippen LogP contribution in [0.25, 0.3) is 0 Å². The molecule has 7 nitrogen and oxygen atoms in total. The molecule has 0 aromatic carbocycles. The number of aromatic nitrogens is 2. The fourth-order valence-electron chi connectivity index (χ4n) is 2.57. The number of aryl methyl sites for hydroxylation is 1. The van der Waals surface area contributed by atoms with Gasteiger partial charge in [-0.25, -0.2) is 4.98 Å². The van der Waals surface area contributed by atoms with E-state index in [1.165, 1.54) is 0 Å². The lowest BCUT2D eigenvalue weighted by Crippen LogP contribution is -2.48. The number of carbonyl (C=O) groups is 1. The number of rotatable bonds is 4. The van der Waals surface area contributed by atoms with E-state index < -0.39 is 5.41 Å². The monoisotopic (exact) mass is 265 g/mol. The summed E-state index contributed by atoms with van der Waals surface area (Å²) >= 11 is 0. The average molecular weight is 265 g/mol. The van der Waals surface area contributed by atoms with Crippen molar-refractivity contribution in [2.24, 2.45) is 23.4 Å². The summed E-state index contributed by atoms with van der Waals surface area (Å²) in [7, 11) is 1.86. The number of hydrogen-bond acceptors (Lipinski definition) is 4. The first kappa shape index (κ1) is 13.4. The van der Waals surface area contributed by atoms with E-state index in [1.807, 2.05) is 17.8 Å². The van der Waals surface area contributed by atoms with Gasteiger partial charge >= 0.3 is 0 Å². The van der Waals surface area contributed by atoms with Crippen molar-refractivity contribution in [1.82, 2.24) is 14.9 Å². The van der Waals surface area contributed by atoms with Gasteiger partial charge in [-0.2, -0.15) is 0 Å². The molecule has 0 saturated heterocycles. The van der Waals surface area contributed by atoms with Crippen molar-refractivity contribution in [2.45, 2.75) is 32.2 Å². The topological polar surface area (TPSA) is 106 Å². The van der Waals surface area contributed by atoms with Crippen molar-refractivity contribution in [3.8, 4) is 0 Å². The van der Waals surface area contributed by atoms with E-state index in [4.69, 9.17) is 10.9 Å². The van der Waals surface area contributed by atoms with Gasteiger partial charge in [-0.05, 0) is 12.8 Å². The summed E-state index contributed by atoms with van der Waals surface area (Å²) in [6.07, 6.45) is 6.55. The standard InChI is InChI=1S/C12H19N5O2/c1-17-7-6-14-9(17)8-15-11(18)12(10(13)16-19)4-2-3-5-12/h6-7,19H,2-5,8H2,1H3,(H2,13,16)(H,15,18). The van der Waals surface area contributed by atoms with Crippen molar-refractivity contribution in [3.05, 3.63) is 18.2 Å². The predicted molar refractivity (Wildman–Crippen MR) is 69.4 cm³/mol. The number of amides is 1. The molecule has 1 amide bonds. The third-order valence-electron chi connectivity index (χ3n) is 3.82. The Morgan fingerprint density at radius 2 is 2.32 bits per heavy atom. The molecular formula is C12H19N5O2. The maximum absolute atomic E-state index is 12.4. The summed E-state index contributed by atoms with van der Waals surface area (Å²) in [6, 6.07) is 0. The third-order valence-corrected chi connectivity index (χ3v) is 3.82. The summed E-state index contributed by atoms with van der Waals surface area (Å²) in [5.41, 5.74) is 4.85. The molecule has 0 aliphatic heterocycles. The number of carbonyl (C=O) groups excluding carboxylic acids is 1. The van der Waals surface area contributed by atoms with E-state index in [-0.39, 0.29) is 11.7 Å². The predicted octanol–water partition coefficient (Wildman–Crippen LogP) is 0.343. The van der Waals surface area contributed by atoms with Crippen molar-refractivity contribution >= 4 is 11.7 Å². The molecule has 104 valence electrons. The Balaban J connectivity index is 2.07. The number of nitrogens with two attached hydrogens (primary N) is 1. The Kier molecular flexibility index (Phi) is 3.73. The lowest BCUT2D eigenvalue weighted by atomic mass is 9.84. The first-order chi connectivity index (χ1) is 9.10. The second-order valence-corrected chi connectivity index (χ2v) is 4.91. The normalized spacial score (nSPS) is 18.5. The summed E-state index contributed by atoms with van der Waals surface area (Å²) in [4.78, 5) is 16.5. The number of nitrogens with one attached hydrogen (secondary N) is 1. The molecule has 0 spiro atoms. The lowest BCUT2D eigenvalue weighted by molar-refractivity contribution is -0.127. The van der Waals surface area contributed by atoms with Crippen LogP contribution < -0.4 is 11.1 Å². The van der Waals surface area contributed by atoms with Crippen LogP contribution in [0.3, 0.4) is 0 Å². The van der Waals surface area contributed by atoms with Crippen LogP contribution >= 0.6 is 0 Å². The zero-order valence-electron chi connectivity index (χ0n) is 11.0. The molecule has 1 heterocycles. The van der Waals surface area contributed by atoms with Crippen LogP contribution in [0.4, 0.5) is 0 Å². The molecule has 1 aliphatic rings. The van der Waals surface area contributed by atoms with E-state index in [9.17, 15) is 4.79 Å². The highest BCUT2D eigenvalue weighted by molar-refractivity contribution is 6.06. The zero-order chi connectivity index (χ0) is 13.9. The molecule has 0 bridgehead atoms. The first-order valence-electron chi connectivity index (χ1n) is 6.32. The molecule has 2 rings (SSSR count). The van der Waals surface area contributed by atoms with Crippen molar-refractivity contribution in [1.29, 1.82) is 0 Å². The lowest BCUT2D eigenvalue weighted by Gasteiger charge is -2.25. The zero-order valence-corrected chi connectivity index (χ0v) is 11.0. The Morgan fingerprint density at radius 3 is 2.84 bits per heavy atom. The van der Waals surface area contributed by atoms with Crippen LogP contribution in [0, 0.1) is 5.41 Å². The molecule has 0 unspecified atom stereocenters. The molecule has 0 atom stereocenters. The Hall–Kier alpha value is -2.05. The fraction of sp³-hybridized carbons (Fsp3) is 0.583. The van der Waals surface area contributed by atoms with Gasteiger partial charge in [0.05, 0.1) is 6.54 Å². The van der Waals surface area contributed by atoms with Crippen molar-refractivity contribution in [3.63, 3.8) is 0 Å². The number of amidine groups is 1. The van der Waals surface area contributed by atoms with Crippen LogP contribution in [-0.4, -0.2) is 26.5 Å². The highest BCUT2D eigenvalue weighted by atomic mass is 16.4. The summed E-state index contributed by atoms with van der Waals surface area (Å²) < 4.78 is 1.84. The molecule has 1 aromatic rings. The van der Waals surface area contributed by atoms with E-state index >= 15 is 0 Å². The van der Waals surface area contributed by atoms with E-state index in [2.05, 4.69) is 15.5 Å². The van der Waals surface area contributed by atoms with Gasteiger partial charge in [-0.1, -0.05) is 18.0 Å². The molecular weight excluding hydrogens is 246 g/mol. The number of hydrogen-bond donors (Lipinski definition) is 3. The Bertz CT molecular complexity index is 488. The molecule has 1 aliphatic carbocycles. The van der Waals surface area contributed by atoms with Gasteiger partial charge in [0.2, 0.25) is 5.91 Å². The molecule has 1 saturated carbocycles. The molecule has 1 aromatic heterocycles. The van der Waals surface area contributed by atoms with Gasteiger partial charge in [0.15, 0.2) is 5.84 Å². The maximum Gasteiger partial charge on any atom is 0.234 e. The highest BCUT2D eigenvalue weighted by Crippen LogP contribution is 2.38.